The second-order valence-electron chi connectivity index (χ2n) is 1.29. The minimum atomic E-state index is 0.437. The summed E-state index contributed by atoms with van der Waals surface area (Å²) in [4.78, 5) is 9.82. The minimum Gasteiger partial charge on any atom is -0.302 e. The molecule has 0 aliphatic rings. The Hall–Kier alpha value is -0.840. The van der Waals surface area contributed by atoms with Crippen LogP contribution in [0.3, 0.4) is 0 Å². The number of nitrogens with zero attached hydrogens (tertiary/aromatic N) is 2. The Bertz CT molecular complexity index is 174. The molecule has 0 aliphatic heterocycles. The number of carbonyl (C=O) groups is 1. The van der Waals surface area contributed by atoms with E-state index in [1.165, 1.54) is 11.8 Å². The average molecular weight is 143 g/mol. The van der Waals surface area contributed by atoms with E-state index in [-0.39, 0.29) is 0 Å². The van der Waals surface area contributed by atoms with E-state index in [2.05, 4.69) is 15.4 Å². The molecule has 1 aromatic rings. The van der Waals surface area contributed by atoms with E-state index in [1.54, 1.807) is 6.20 Å². The summed E-state index contributed by atoms with van der Waals surface area (Å²) in [5, 5.41) is 10.5. The summed E-state index contributed by atoms with van der Waals surface area (Å²) in [5.41, 5.74) is 0. The number of aldehydes is 1. The molecule has 1 aromatic heterocycles. The van der Waals surface area contributed by atoms with Crippen LogP contribution in [0, 0.1) is 0 Å². The largest absolute Gasteiger partial charge is 0.302 e. The van der Waals surface area contributed by atoms with Crippen LogP contribution in [0.25, 0.3) is 0 Å². The number of nitrogens with one attached hydrogen (secondary N) is 1. The summed E-state index contributed by atoms with van der Waals surface area (Å²) in [5.74, 6) is 0.437. The first kappa shape index (κ1) is 6.28. The number of rotatable bonds is 3. The van der Waals surface area contributed by atoms with Crippen molar-refractivity contribution in [2.75, 3.05) is 5.75 Å². The molecule has 0 bridgehead atoms. The number of hydrogen-bond donors (Lipinski definition) is 1. The van der Waals surface area contributed by atoms with Gasteiger partial charge in [0.1, 0.15) is 11.3 Å². The van der Waals surface area contributed by atoms with Gasteiger partial charge in [-0.2, -0.15) is 10.3 Å². The molecular weight excluding hydrogens is 138 g/mol. The molecule has 9 heavy (non-hydrogen) atoms. The third kappa shape index (κ3) is 1.85. The highest BCUT2D eigenvalue weighted by Crippen LogP contribution is 2.09. The van der Waals surface area contributed by atoms with E-state index in [4.69, 9.17) is 0 Å². The maximum absolute atomic E-state index is 9.82. The van der Waals surface area contributed by atoms with E-state index in [1.807, 2.05) is 0 Å². The van der Waals surface area contributed by atoms with E-state index in [0.29, 0.717) is 5.75 Å². The van der Waals surface area contributed by atoms with Crippen molar-refractivity contribution < 1.29 is 4.79 Å². The molecule has 0 aromatic carbocycles. The number of aromatic nitrogens is 3. The fraction of sp³-hybridized carbons (Fsp3) is 0.250. The summed E-state index contributed by atoms with van der Waals surface area (Å²) >= 11 is 1.35. The van der Waals surface area contributed by atoms with Crippen molar-refractivity contribution in [3.63, 3.8) is 0 Å². The van der Waals surface area contributed by atoms with Crippen molar-refractivity contribution in [2.24, 2.45) is 0 Å². The molecule has 48 valence electrons. The third-order valence-electron chi connectivity index (χ3n) is 0.692. The second kappa shape index (κ2) is 3.24. The second-order valence-corrected chi connectivity index (χ2v) is 2.33. The number of carbonyl (C=O) groups excluding carboxylic acids is 1. The molecule has 1 rings (SSSR count). The van der Waals surface area contributed by atoms with Gasteiger partial charge in [-0.3, -0.25) is 0 Å². The molecule has 0 atom stereocenters. The zero-order valence-corrected chi connectivity index (χ0v) is 5.39. The molecule has 1 N–H and O–H groups in total. The van der Waals surface area contributed by atoms with Crippen LogP contribution in [0.15, 0.2) is 11.2 Å². The van der Waals surface area contributed by atoms with Gasteiger partial charge in [0.2, 0.25) is 0 Å². The summed E-state index contributed by atoms with van der Waals surface area (Å²) < 4.78 is 0. The lowest BCUT2D eigenvalue weighted by atomic mass is 10.9. The summed E-state index contributed by atoms with van der Waals surface area (Å²) in [6.45, 7) is 0. The van der Waals surface area contributed by atoms with Gasteiger partial charge in [0, 0.05) is 0 Å². The van der Waals surface area contributed by atoms with Crippen LogP contribution in [0.5, 0.6) is 0 Å². The smallest absolute Gasteiger partial charge is 0.139 e. The standard InChI is InChI=1S/C4H5N3OS/c8-1-2-9-4-3-5-7-6-4/h1,3H,2H2,(H,5,6,7). The molecule has 0 radical (unpaired) electrons. The van der Waals surface area contributed by atoms with Crippen molar-refractivity contribution >= 4 is 18.0 Å². The molecule has 0 spiro atoms. The molecule has 5 heteroatoms. The zero-order chi connectivity index (χ0) is 6.53. The predicted octanol–water partition coefficient (Wildman–Crippen LogP) is 0.0957. The number of hydrogen-bond acceptors (Lipinski definition) is 4. The quantitative estimate of drug-likeness (QED) is 0.481. The van der Waals surface area contributed by atoms with Crippen LogP contribution in [0.2, 0.25) is 0 Å². The lowest BCUT2D eigenvalue weighted by molar-refractivity contribution is -0.105. The Kier molecular flexibility index (Phi) is 2.26. The number of aromatic amines is 1. The van der Waals surface area contributed by atoms with Gasteiger partial charge >= 0.3 is 0 Å². The first-order chi connectivity index (χ1) is 4.43. The number of H-pyrrole nitrogens is 1. The van der Waals surface area contributed by atoms with Gasteiger partial charge < -0.3 is 4.79 Å². The van der Waals surface area contributed by atoms with E-state index in [9.17, 15) is 4.79 Å². The molecule has 1 heterocycles. The van der Waals surface area contributed by atoms with E-state index < -0.39 is 0 Å². The summed E-state index contributed by atoms with van der Waals surface area (Å²) in [7, 11) is 0. The maximum Gasteiger partial charge on any atom is 0.139 e. The first-order valence-electron chi connectivity index (χ1n) is 2.35. The molecular formula is C4H5N3OS. The van der Waals surface area contributed by atoms with Crippen LogP contribution < -0.4 is 0 Å². The highest BCUT2D eigenvalue weighted by Gasteiger charge is 1.92. The van der Waals surface area contributed by atoms with Gasteiger partial charge in [-0.05, 0) is 0 Å². The van der Waals surface area contributed by atoms with E-state index in [0.717, 1.165) is 11.3 Å². The fourth-order valence-corrected chi connectivity index (χ4v) is 0.851. The van der Waals surface area contributed by atoms with Crippen LogP contribution >= 0.6 is 11.8 Å². The van der Waals surface area contributed by atoms with Crippen molar-refractivity contribution in [3.8, 4) is 0 Å². The monoisotopic (exact) mass is 143 g/mol. The molecule has 0 saturated heterocycles. The van der Waals surface area contributed by atoms with Crippen LogP contribution in [0.1, 0.15) is 0 Å². The molecule has 0 saturated carbocycles. The van der Waals surface area contributed by atoms with E-state index >= 15 is 0 Å². The third-order valence-corrected chi connectivity index (χ3v) is 1.49. The average Bonchev–Trinajstić information content (AvgIpc) is 2.34. The summed E-state index contributed by atoms with van der Waals surface area (Å²) in [6.07, 6.45) is 2.41. The molecule has 0 fully saturated rings. The van der Waals surface area contributed by atoms with Crippen molar-refractivity contribution in [3.05, 3.63) is 6.20 Å². The van der Waals surface area contributed by atoms with Crippen LogP contribution in [-0.4, -0.2) is 27.4 Å². The normalized spacial score (nSPS) is 9.33. The van der Waals surface area contributed by atoms with Crippen LogP contribution in [0.4, 0.5) is 0 Å². The summed E-state index contributed by atoms with van der Waals surface area (Å²) in [6, 6.07) is 0. The Balaban J connectivity index is 2.38. The minimum absolute atomic E-state index is 0.437. The Morgan fingerprint density at radius 2 is 2.78 bits per heavy atom. The lowest BCUT2D eigenvalue weighted by Gasteiger charge is -1.82. The molecule has 0 amide bonds. The van der Waals surface area contributed by atoms with Gasteiger partial charge in [-0.25, -0.2) is 0 Å². The van der Waals surface area contributed by atoms with Gasteiger partial charge in [0.15, 0.2) is 0 Å². The highest BCUT2D eigenvalue weighted by molar-refractivity contribution is 7.99. The van der Waals surface area contributed by atoms with Crippen LogP contribution in [-0.2, 0) is 4.79 Å². The Morgan fingerprint density at radius 1 is 1.89 bits per heavy atom. The molecule has 4 nitrogen and oxygen atoms in total. The Labute approximate surface area is 56.0 Å². The van der Waals surface area contributed by atoms with Gasteiger partial charge in [0.05, 0.1) is 11.9 Å². The predicted molar refractivity (Wildman–Crippen MR) is 33.2 cm³/mol. The highest BCUT2D eigenvalue weighted by atomic mass is 32.2. The topological polar surface area (TPSA) is 58.6 Å². The van der Waals surface area contributed by atoms with Gasteiger partial charge in [-0.1, -0.05) is 11.8 Å². The zero-order valence-electron chi connectivity index (χ0n) is 4.57. The van der Waals surface area contributed by atoms with Crippen molar-refractivity contribution in [1.29, 1.82) is 0 Å². The Morgan fingerprint density at radius 3 is 3.33 bits per heavy atom. The molecule has 0 unspecified atom stereocenters. The maximum atomic E-state index is 9.82. The van der Waals surface area contributed by atoms with Crippen molar-refractivity contribution in [2.45, 2.75) is 5.03 Å². The SMILES string of the molecule is O=CCSc1cn[nH]n1. The van der Waals surface area contributed by atoms with Gasteiger partial charge in [0.25, 0.3) is 0 Å². The fourth-order valence-electron chi connectivity index (χ4n) is 0.380. The first-order valence-corrected chi connectivity index (χ1v) is 3.34. The lowest BCUT2D eigenvalue weighted by Crippen LogP contribution is -1.77. The van der Waals surface area contributed by atoms with Gasteiger partial charge in [-0.15, -0.1) is 5.10 Å². The number of thioether (sulfide) groups is 1. The molecule has 0 aliphatic carbocycles. The van der Waals surface area contributed by atoms with Crippen molar-refractivity contribution in [1.82, 2.24) is 15.4 Å².